The highest BCUT2D eigenvalue weighted by atomic mass is 32.2. The Morgan fingerprint density at radius 3 is 2.03 bits per heavy atom. The summed E-state index contributed by atoms with van der Waals surface area (Å²) in [5.41, 5.74) is 0. The number of nitrogens with zero attached hydrogens (tertiary/aromatic N) is 1. The van der Waals surface area contributed by atoms with Gasteiger partial charge in [-0.05, 0) is 0 Å². The zero-order valence-corrected chi connectivity index (χ0v) is 16.7. The first-order valence-corrected chi connectivity index (χ1v) is 10.1. The number of ether oxygens (including phenoxy) is 4. The molecule has 3 aliphatic rings. The molecule has 0 saturated carbocycles. The first-order valence-electron chi connectivity index (χ1n) is 9.07. The minimum absolute atomic E-state index is 0.0508. The van der Waals surface area contributed by atoms with Crippen molar-refractivity contribution in [2.75, 3.05) is 26.5 Å². The van der Waals surface area contributed by atoms with Gasteiger partial charge in [0, 0.05) is 14.2 Å². The molecule has 13 heteroatoms. The molecule has 12 nitrogen and oxygen atoms in total. The third kappa shape index (κ3) is 4.27. The molecule has 1 unspecified atom stereocenters. The van der Waals surface area contributed by atoms with Crippen LogP contribution in [-0.2, 0) is 23.7 Å². The van der Waals surface area contributed by atoms with Crippen LogP contribution in [0.15, 0.2) is 0 Å². The van der Waals surface area contributed by atoms with Crippen LogP contribution in [0, 0.1) is 0 Å². The number of carbonyl (C=O) groups is 1. The van der Waals surface area contributed by atoms with Crippen LogP contribution in [0.2, 0.25) is 0 Å². The molecule has 0 spiro atoms. The summed E-state index contributed by atoms with van der Waals surface area (Å²) >= 11 is 1.15. The predicted molar refractivity (Wildman–Crippen MR) is 95.3 cm³/mol. The van der Waals surface area contributed by atoms with E-state index >= 15 is 0 Å². The van der Waals surface area contributed by atoms with E-state index in [0.29, 0.717) is 0 Å². The standard InChI is InChI=1S/C16H27NO11S/c1-25-15-11(23)8(20)7(19)5(27-15)3-17-6(18)4-29-14(17)13-10(22)9(21)12(24)16(26-2)28-13/h5,7-16,19-24H,3-4H2,1-2H3/t5-,7-,8+,9+,10+,11-,12-,13+,14?,15+,16+/m1/s1. The van der Waals surface area contributed by atoms with Gasteiger partial charge in [-0.15, -0.1) is 11.8 Å². The molecule has 168 valence electrons. The lowest BCUT2D eigenvalue weighted by molar-refractivity contribution is -0.299. The van der Waals surface area contributed by atoms with Gasteiger partial charge in [-0.25, -0.2) is 0 Å². The maximum absolute atomic E-state index is 12.5. The minimum Gasteiger partial charge on any atom is -0.388 e. The van der Waals surface area contributed by atoms with E-state index in [1.807, 2.05) is 0 Å². The van der Waals surface area contributed by atoms with E-state index in [-0.39, 0.29) is 18.2 Å². The molecular formula is C16H27NO11S. The summed E-state index contributed by atoms with van der Waals surface area (Å²) in [6.07, 6.45) is -13.6. The second kappa shape index (κ2) is 9.28. The summed E-state index contributed by atoms with van der Waals surface area (Å²) in [6, 6.07) is 0. The molecule has 3 heterocycles. The number of aliphatic hydroxyl groups is 6. The van der Waals surface area contributed by atoms with Crippen LogP contribution >= 0.6 is 11.8 Å². The highest BCUT2D eigenvalue weighted by molar-refractivity contribution is 8.01. The Hall–Kier alpha value is -0.580. The van der Waals surface area contributed by atoms with Gasteiger partial charge in [0.05, 0.1) is 12.3 Å². The van der Waals surface area contributed by atoms with Crippen LogP contribution in [0.4, 0.5) is 0 Å². The fourth-order valence-electron chi connectivity index (χ4n) is 3.71. The highest BCUT2D eigenvalue weighted by Crippen LogP contribution is 2.36. The topological polar surface area (TPSA) is 179 Å². The number of hydrogen-bond acceptors (Lipinski definition) is 12. The van der Waals surface area contributed by atoms with Gasteiger partial charge >= 0.3 is 0 Å². The molecule has 3 aliphatic heterocycles. The Morgan fingerprint density at radius 1 is 0.897 bits per heavy atom. The van der Waals surface area contributed by atoms with E-state index in [2.05, 4.69) is 0 Å². The van der Waals surface area contributed by atoms with Gasteiger partial charge in [-0.1, -0.05) is 0 Å². The largest absolute Gasteiger partial charge is 0.388 e. The number of rotatable bonds is 5. The van der Waals surface area contributed by atoms with E-state index in [9.17, 15) is 35.4 Å². The van der Waals surface area contributed by atoms with E-state index in [1.165, 1.54) is 19.1 Å². The number of aliphatic hydroxyl groups excluding tert-OH is 6. The van der Waals surface area contributed by atoms with Crippen LogP contribution < -0.4 is 0 Å². The Balaban J connectivity index is 1.77. The molecule has 0 aromatic heterocycles. The minimum atomic E-state index is -1.55. The van der Waals surface area contributed by atoms with Crippen molar-refractivity contribution in [3.63, 3.8) is 0 Å². The van der Waals surface area contributed by atoms with Crippen molar-refractivity contribution in [2.24, 2.45) is 0 Å². The average Bonchev–Trinajstić information content (AvgIpc) is 3.07. The fraction of sp³-hybridized carbons (Fsp3) is 0.938. The highest BCUT2D eigenvalue weighted by Gasteiger charge is 2.52. The summed E-state index contributed by atoms with van der Waals surface area (Å²) in [7, 11) is 2.53. The molecule has 3 fully saturated rings. The number of thioether (sulfide) groups is 1. The van der Waals surface area contributed by atoms with Crippen LogP contribution in [0.5, 0.6) is 0 Å². The molecule has 0 aromatic carbocycles. The summed E-state index contributed by atoms with van der Waals surface area (Å²) < 4.78 is 21.0. The molecule has 0 aliphatic carbocycles. The number of hydrogen-bond donors (Lipinski definition) is 6. The molecule has 3 rings (SSSR count). The van der Waals surface area contributed by atoms with Crippen LogP contribution in [-0.4, -0.2) is 135 Å². The quantitative estimate of drug-likeness (QED) is 0.243. The van der Waals surface area contributed by atoms with E-state index in [4.69, 9.17) is 18.9 Å². The van der Waals surface area contributed by atoms with Crippen molar-refractivity contribution in [2.45, 2.75) is 66.8 Å². The van der Waals surface area contributed by atoms with Crippen molar-refractivity contribution in [1.29, 1.82) is 0 Å². The molecule has 0 aromatic rings. The van der Waals surface area contributed by atoms with Gasteiger partial charge in [-0.3, -0.25) is 4.79 Å². The normalized spacial score (nSPS) is 48.9. The zero-order valence-electron chi connectivity index (χ0n) is 15.8. The van der Waals surface area contributed by atoms with Gasteiger partial charge in [0.15, 0.2) is 12.6 Å². The van der Waals surface area contributed by atoms with Crippen molar-refractivity contribution in [1.82, 2.24) is 4.90 Å². The number of carbonyl (C=O) groups excluding carboxylic acids is 1. The molecular weight excluding hydrogens is 414 g/mol. The Kier molecular flexibility index (Phi) is 7.39. The third-order valence-electron chi connectivity index (χ3n) is 5.40. The molecule has 29 heavy (non-hydrogen) atoms. The third-order valence-corrected chi connectivity index (χ3v) is 6.68. The lowest BCUT2D eigenvalue weighted by Gasteiger charge is -2.45. The summed E-state index contributed by atoms with van der Waals surface area (Å²) in [5.74, 6) is -0.286. The number of methoxy groups -OCH3 is 2. The van der Waals surface area contributed by atoms with Crippen LogP contribution in [0.25, 0.3) is 0 Å². The summed E-state index contributed by atoms with van der Waals surface area (Å²) in [5, 5.41) is 59.8. The van der Waals surface area contributed by atoms with Gasteiger partial charge in [0.1, 0.15) is 54.2 Å². The van der Waals surface area contributed by atoms with Crippen molar-refractivity contribution in [3.8, 4) is 0 Å². The molecule has 0 radical (unpaired) electrons. The molecule has 6 N–H and O–H groups in total. The molecule has 0 bridgehead atoms. The average molecular weight is 441 g/mol. The monoisotopic (exact) mass is 441 g/mol. The fourth-order valence-corrected chi connectivity index (χ4v) is 4.99. The van der Waals surface area contributed by atoms with Crippen molar-refractivity contribution >= 4 is 17.7 Å². The molecule has 3 saturated heterocycles. The van der Waals surface area contributed by atoms with Gasteiger partial charge < -0.3 is 54.5 Å². The first-order chi connectivity index (χ1) is 13.7. The van der Waals surface area contributed by atoms with Gasteiger partial charge in [-0.2, -0.15) is 0 Å². The summed E-state index contributed by atoms with van der Waals surface area (Å²) in [6.45, 7) is -0.190. The van der Waals surface area contributed by atoms with E-state index in [1.54, 1.807) is 0 Å². The maximum Gasteiger partial charge on any atom is 0.233 e. The first kappa shape index (κ1) is 23.1. The Labute approximate surface area is 170 Å². The second-order valence-corrected chi connectivity index (χ2v) is 8.28. The Bertz CT molecular complexity index is 581. The van der Waals surface area contributed by atoms with Crippen LogP contribution in [0.3, 0.4) is 0 Å². The maximum atomic E-state index is 12.5. The lowest BCUT2D eigenvalue weighted by atomic mass is 9.96. The number of amides is 1. The smallest absolute Gasteiger partial charge is 0.233 e. The second-order valence-electron chi connectivity index (χ2n) is 7.17. The van der Waals surface area contributed by atoms with E-state index < -0.39 is 66.8 Å². The van der Waals surface area contributed by atoms with Gasteiger partial charge in [0.25, 0.3) is 0 Å². The lowest BCUT2D eigenvalue weighted by Crippen LogP contribution is -2.64. The van der Waals surface area contributed by atoms with Crippen molar-refractivity contribution in [3.05, 3.63) is 0 Å². The van der Waals surface area contributed by atoms with E-state index in [0.717, 1.165) is 11.8 Å². The van der Waals surface area contributed by atoms with Crippen LogP contribution in [0.1, 0.15) is 0 Å². The SMILES string of the molecule is CO[C@H]1O[C@H](C2SCC(=O)N2C[C@H]2O[C@H](OC)[C@H](O)[C@@H](O)[C@@H]2O)[C@@H](O)[C@H](O)[C@H]1O. The van der Waals surface area contributed by atoms with Gasteiger partial charge in [0.2, 0.25) is 5.91 Å². The molecule has 11 atom stereocenters. The van der Waals surface area contributed by atoms with Crippen molar-refractivity contribution < 1.29 is 54.4 Å². The summed E-state index contributed by atoms with van der Waals surface area (Å²) in [4.78, 5) is 13.7. The molecule has 1 amide bonds. The zero-order chi connectivity index (χ0) is 21.5. The Morgan fingerprint density at radius 2 is 1.45 bits per heavy atom. The predicted octanol–water partition coefficient (Wildman–Crippen LogP) is -4.20.